The van der Waals surface area contributed by atoms with Gasteiger partial charge in [0.2, 0.25) is 0 Å². The zero-order valence-corrected chi connectivity index (χ0v) is 18.6. The number of benzene rings is 1. The van der Waals surface area contributed by atoms with Crippen LogP contribution in [0.1, 0.15) is 38.9 Å². The van der Waals surface area contributed by atoms with Gasteiger partial charge in [-0.3, -0.25) is 4.99 Å². The Morgan fingerprint density at radius 1 is 1.28 bits per heavy atom. The Labute approximate surface area is 175 Å². The van der Waals surface area contributed by atoms with Gasteiger partial charge in [0.15, 0.2) is 5.96 Å². The van der Waals surface area contributed by atoms with Crippen molar-refractivity contribution in [1.29, 1.82) is 0 Å². The van der Waals surface area contributed by atoms with Gasteiger partial charge in [0.1, 0.15) is 5.82 Å². The summed E-state index contributed by atoms with van der Waals surface area (Å²) in [5.41, 5.74) is 2.30. The maximum atomic E-state index is 4.65. The number of aromatic nitrogens is 2. The molecule has 6 heteroatoms. The maximum absolute atomic E-state index is 4.65. The number of aryl methyl sites for hydroxylation is 2. The molecule has 2 heterocycles. The number of nitrogens with zero attached hydrogens (tertiary/aromatic N) is 4. The number of imidazole rings is 1. The van der Waals surface area contributed by atoms with E-state index in [0.29, 0.717) is 5.92 Å². The van der Waals surface area contributed by atoms with Crippen molar-refractivity contribution in [1.82, 2.24) is 25.1 Å². The molecule has 0 radical (unpaired) electrons. The molecule has 1 saturated heterocycles. The van der Waals surface area contributed by atoms with Gasteiger partial charge in [-0.05, 0) is 56.7 Å². The Morgan fingerprint density at radius 2 is 2.10 bits per heavy atom. The van der Waals surface area contributed by atoms with Crippen molar-refractivity contribution in [3.05, 3.63) is 30.1 Å². The molecule has 3 rings (SSSR count). The summed E-state index contributed by atoms with van der Waals surface area (Å²) in [6.45, 7) is 13.2. The number of piperidine rings is 1. The van der Waals surface area contributed by atoms with E-state index in [0.717, 1.165) is 49.3 Å². The fourth-order valence-corrected chi connectivity index (χ4v) is 4.38. The van der Waals surface area contributed by atoms with Crippen LogP contribution in [0.15, 0.2) is 29.3 Å². The van der Waals surface area contributed by atoms with E-state index in [4.69, 9.17) is 0 Å². The van der Waals surface area contributed by atoms with Crippen molar-refractivity contribution in [3.8, 4) is 0 Å². The lowest BCUT2D eigenvalue weighted by atomic mass is 9.97. The van der Waals surface area contributed by atoms with Crippen LogP contribution in [0.25, 0.3) is 11.0 Å². The van der Waals surface area contributed by atoms with Crippen LogP contribution in [0, 0.1) is 18.8 Å². The minimum Gasteiger partial charge on any atom is -0.356 e. The summed E-state index contributed by atoms with van der Waals surface area (Å²) < 4.78 is 2.30. The van der Waals surface area contributed by atoms with Crippen molar-refractivity contribution >= 4 is 17.0 Å². The van der Waals surface area contributed by atoms with Gasteiger partial charge in [-0.1, -0.05) is 26.0 Å². The molecule has 1 atom stereocenters. The second kappa shape index (κ2) is 10.6. The predicted octanol–water partition coefficient (Wildman–Crippen LogP) is 3.27. The monoisotopic (exact) mass is 398 g/mol. The number of hydrogen-bond donors (Lipinski definition) is 2. The van der Waals surface area contributed by atoms with Crippen LogP contribution in [0.3, 0.4) is 0 Å². The van der Waals surface area contributed by atoms with Crippen molar-refractivity contribution in [2.45, 2.75) is 46.6 Å². The second-order valence-corrected chi connectivity index (χ2v) is 8.69. The fraction of sp³-hybridized carbons (Fsp3) is 0.652. The smallest absolute Gasteiger partial charge is 0.190 e. The van der Waals surface area contributed by atoms with Gasteiger partial charge >= 0.3 is 0 Å². The SMILES string of the molecule is CN=C(NCCCn1c(C)nc2ccccc21)NCC1CCCN(CC(C)C)C1. The van der Waals surface area contributed by atoms with Crippen LogP contribution in [-0.4, -0.2) is 60.2 Å². The summed E-state index contributed by atoms with van der Waals surface area (Å²) in [6, 6.07) is 8.36. The second-order valence-electron chi connectivity index (χ2n) is 8.69. The molecule has 160 valence electrons. The van der Waals surface area contributed by atoms with Crippen molar-refractivity contribution in [2.24, 2.45) is 16.8 Å². The fourth-order valence-electron chi connectivity index (χ4n) is 4.38. The Balaban J connectivity index is 1.40. The topological polar surface area (TPSA) is 57.5 Å². The minimum absolute atomic E-state index is 0.709. The first-order valence-corrected chi connectivity index (χ1v) is 11.2. The molecule has 1 aliphatic heterocycles. The first-order chi connectivity index (χ1) is 14.1. The van der Waals surface area contributed by atoms with E-state index >= 15 is 0 Å². The molecule has 6 nitrogen and oxygen atoms in total. The predicted molar refractivity (Wildman–Crippen MR) is 122 cm³/mol. The van der Waals surface area contributed by atoms with E-state index < -0.39 is 0 Å². The van der Waals surface area contributed by atoms with Crippen LogP contribution >= 0.6 is 0 Å². The van der Waals surface area contributed by atoms with Crippen LogP contribution in [0.5, 0.6) is 0 Å². The molecule has 0 amide bonds. The third-order valence-corrected chi connectivity index (χ3v) is 5.70. The molecule has 1 fully saturated rings. The molecule has 2 aromatic rings. The molecule has 0 saturated carbocycles. The lowest BCUT2D eigenvalue weighted by Crippen LogP contribution is -2.45. The summed E-state index contributed by atoms with van der Waals surface area (Å²) >= 11 is 0. The highest BCUT2D eigenvalue weighted by atomic mass is 15.2. The summed E-state index contributed by atoms with van der Waals surface area (Å²) in [5.74, 6) is 3.45. The summed E-state index contributed by atoms with van der Waals surface area (Å²) in [5, 5.41) is 7.01. The third kappa shape index (κ3) is 6.20. The van der Waals surface area contributed by atoms with E-state index in [1.54, 1.807) is 0 Å². The van der Waals surface area contributed by atoms with Gasteiger partial charge in [0, 0.05) is 39.8 Å². The number of hydrogen-bond acceptors (Lipinski definition) is 3. The van der Waals surface area contributed by atoms with E-state index in [9.17, 15) is 0 Å². The number of guanidine groups is 1. The van der Waals surface area contributed by atoms with E-state index in [2.05, 4.69) is 69.0 Å². The standard InChI is InChI=1S/C23H38N6/c1-18(2)16-28-13-7-9-20(17-28)15-26-23(24-4)25-12-8-14-29-19(3)27-21-10-5-6-11-22(21)29/h5-6,10-11,18,20H,7-9,12-17H2,1-4H3,(H2,24,25,26). The molecule has 1 aromatic carbocycles. The largest absolute Gasteiger partial charge is 0.356 e. The van der Waals surface area contributed by atoms with Crippen molar-refractivity contribution in [2.75, 3.05) is 39.8 Å². The van der Waals surface area contributed by atoms with Crippen LogP contribution < -0.4 is 10.6 Å². The number of likely N-dealkylation sites (tertiary alicyclic amines) is 1. The van der Waals surface area contributed by atoms with Gasteiger partial charge in [0.25, 0.3) is 0 Å². The number of rotatable bonds is 8. The molecular weight excluding hydrogens is 360 g/mol. The maximum Gasteiger partial charge on any atom is 0.190 e. The average Bonchev–Trinajstić information content (AvgIpc) is 3.02. The zero-order valence-electron chi connectivity index (χ0n) is 18.6. The van der Waals surface area contributed by atoms with Crippen LogP contribution in [0.2, 0.25) is 0 Å². The lowest BCUT2D eigenvalue weighted by Gasteiger charge is -2.34. The molecule has 0 aliphatic carbocycles. The molecule has 0 spiro atoms. The van der Waals surface area contributed by atoms with E-state index in [1.807, 2.05) is 13.1 Å². The van der Waals surface area contributed by atoms with Crippen LogP contribution in [0.4, 0.5) is 0 Å². The molecular formula is C23H38N6. The Kier molecular flexibility index (Phi) is 7.92. The van der Waals surface area contributed by atoms with Gasteiger partial charge < -0.3 is 20.1 Å². The number of para-hydroxylation sites is 2. The molecule has 1 unspecified atom stereocenters. The quantitative estimate of drug-likeness (QED) is 0.407. The number of nitrogens with one attached hydrogen (secondary N) is 2. The van der Waals surface area contributed by atoms with Gasteiger partial charge in [-0.2, -0.15) is 0 Å². The molecule has 0 bridgehead atoms. The van der Waals surface area contributed by atoms with Crippen molar-refractivity contribution < 1.29 is 0 Å². The van der Waals surface area contributed by atoms with E-state index in [-0.39, 0.29) is 0 Å². The summed E-state index contributed by atoms with van der Waals surface area (Å²) in [6.07, 6.45) is 3.66. The molecule has 29 heavy (non-hydrogen) atoms. The molecule has 1 aromatic heterocycles. The summed E-state index contributed by atoms with van der Waals surface area (Å²) in [4.78, 5) is 11.7. The normalized spacial score (nSPS) is 18.5. The first-order valence-electron chi connectivity index (χ1n) is 11.2. The molecule has 2 N–H and O–H groups in total. The lowest BCUT2D eigenvalue weighted by molar-refractivity contribution is 0.159. The highest BCUT2D eigenvalue weighted by Crippen LogP contribution is 2.17. The highest BCUT2D eigenvalue weighted by molar-refractivity contribution is 5.79. The minimum atomic E-state index is 0.709. The summed E-state index contributed by atoms with van der Waals surface area (Å²) in [7, 11) is 1.86. The Morgan fingerprint density at radius 3 is 2.90 bits per heavy atom. The van der Waals surface area contributed by atoms with Gasteiger partial charge in [-0.15, -0.1) is 0 Å². The third-order valence-electron chi connectivity index (χ3n) is 5.70. The number of aliphatic imine (C=N–C) groups is 1. The molecule has 1 aliphatic rings. The van der Waals surface area contributed by atoms with Crippen molar-refractivity contribution in [3.63, 3.8) is 0 Å². The van der Waals surface area contributed by atoms with Gasteiger partial charge in [-0.25, -0.2) is 4.98 Å². The van der Waals surface area contributed by atoms with E-state index in [1.165, 1.54) is 38.0 Å². The Hall–Kier alpha value is -2.08. The first kappa shape index (κ1) is 21.6. The highest BCUT2D eigenvalue weighted by Gasteiger charge is 2.20. The van der Waals surface area contributed by atoms with Gasteiger partial charge in [0.05, 0.1) is 11.0 Å². The Bertz CT molecular complexity index is 794. The zero-order chi connectivity index (χ0) is 20.6. The van der Waals surface area contributed by atoms with Crippen LogP contribution in [-0.2, 0) is 6.54 Å². The average molecular weight is 399 g/mol. The number of fused-ring (bicyclic) bond motifs is 1.